The van der Waals surface area contributed by atoms with E-state index in [1.165, 1.54) is 12.1 Å². The molecule has 2 nitrogen and oxygen atoms in total. The Hall–Kier alpha value is -0.350. The summed E-state index contributed by atoms with van der Waals surface area (Å²) in [6, 6.07) is 2.98. The van der Waals surface area contributed by atoms with E-state index in [1.54, 1.807) is 0 Å². The van der Waals surface area contributed by atoms with Crippen molar-refractivity contribution in [1.82, 2.24) is 5.32 Å². The smallest absolute Gasteiger partial charge is 0.142 e. The summed E-state index contributed by atoms with van der Waals surface area (Å²) in [4.78, 5) is 0. The molecule has 2 rings (SSSR count). The van der Waals surface area contributed by atoms with Crippen LogP contribution in [0.2, 0.25) is 10.0 Å². The number of halogens is 3. The van der Waals surface area contributed by atoms with E-state index in [0.29, 0.717) is 10.6 Å². The van der Waals surface area contributed by atoms with Crippen molar-refractivity contribution in [2.45, 2.75) is 44.9 Å². The summed E-state index contributed by atoms with van der Waals surface area (Å²) >= 11 is 11.8. The van der Waals surface area contributed by atoms with Crippen molar-refractivity contribution in [2.24, 2.45) is 0 Å². The number of rotatable bonds is 4. The first-order valence-electron chi connectivity index (χ1n) is 6.51. The first-order valence-corrected chi connectivity index (χ1v) is 7.26. The van der Waals surface area contributed by atoms with Crippen LogP contribution < -0.4 is 5.32 Å². The van der Waals surface area contributed by atoms with Gasteiger partial charge in [0.05, 0.1) is 11.1 Å². The molecule has 0 amide bonds. The molecule has 1 aliphatic heterocycles. The van der Waals surface area contributed by atoms with Crippen LogP contribution in [0.25, 0.3) is 0 Å². The molecular formula is C14H18Cl2FNO. The fourth-order valence-corrected chi connectivity index (χ4v) is 3.00. The summed E-state index contributed by atoms with van der Waals surface area (Å²) < 4.78 is 19.1. The summed E-state index contributed by atoms with van der Waals surface area (Å²) in [6.07, 6.45) is 2.38. The lowest BCUT2D eigenvalue weighted by molar-refractivity contribution is 0.0804. The number of ether oxygens (including phenoxy) is 1. The minimum absolute atomic E-state index is 0.0492. The van der Waals surface area contributed by atoms with E-state index < -0.39 is 5.82 Å². The Labute approximate surface area is 123 Å². The Kier molecular flexibility index (Phi) is 5.07. The third kappa shape index (κ3) is 3.60. The monoisotopic (exact) mass is 305 g/mol. The molecule has 3 unspecified atom stereocenters. The predicted molar refractivity (Wildman–Crippen MR) is 76.4 cm³/mol. The second-order valence-corrected chi connectivity index (χ2v) is 5.83. The highest BCUT2D eigenvalue weighted by Gasteiger charge is 2.24. The van der Waals surface area contributed by atoms with Crippen molar-refractivity contribution < 1.29 is 9.13 Å². The van der Waals surface area contributed by atoms with Gasteiger partial charge in [0.1, 0.15) is 5.82 Å². The first-order chi connectivity index (χ1) is 8.99. The van der Waals surface area contributed by atoms with Gasteiger partial charge in [0.15, 0.2) is 0 Å². The Morgan fingerprint density at radius 1 is 1.32 bits per heavy atom. The van der Waals surface area contributed by atoms with Gasteiger partial charge < -0.3 is 10.1 Å². The van der Waals surface area contributed by atoms with Crippen molar-refractivity contribution in [3.05, 3.63) is 33.6 Å². The van der Waals surface area contributed by atoms with Crippen molar-refractivity contribution in [3.63, 3.8) is 0 Å². The van der Waals surface area contributed by atoms with Crippen LogP contribution in [-0.2, 0) is 4.74 Å². The van der Waals surface area contributed by atoms with E-state index in [-0.39, 0.29) is 23.2 Å². The van der Waals surface area contributed by atoms with Gasteiger partial charge in [-0.3, -0.25) is 0 Å². The highest BCUT2D eigenvalue weighted by molar-refractivity contribution is 6.35. The fourth-order valence-electron chi connectivity index (χ4n) is 2.46. The topological polar surface area (TPSA) is 21.3 Å². The molecule has 106 valence electrons. The first kappa shape index (κ1) is 15.0. The van der Waals surface area contributed by atoms with E-state index >= 15 is 0 Å². The summed E-state index contributed by atoms with van der Waals surface area (Å²) in [5, 5.41) is 3.93. The van der Waals surface area contributed by atoms with Gasteiger partial charge in [-0.2, -0.15) is 0 Å². The Morgan fingerprint density at radius 2 is 2.05 bits per heavy atom. The normalized spacial score (nSPS) is 22.5. The van der Waals surface area contributed by atoms with Gasteiger partial charge in [-0.15, -0.1) is 0 Å². The maximum atomic E-state index is 13.5. The van der Waals surface area contributed by atoms with E-state index in [2.05, 4.69) is 12.2 Å². The minimum atomic E-state index is -0.445. The van der Waals surface area contributed by atoms with Gasteiger partial charge >= 0.3 is 0 Å². The van der Waals surface area contributed by atoms with E-state index in [1.807, 2.05) is 6.92 Å². The van der Waals surface area contributed by atoms with Gasteiger partial charge in [-0.1, -0.05) is 23.2 Å². The van der Waals surface area contributed by atoms with Crippen LogP contribution >= 0.6 is 23.2 Å². The van der Waals surface area contributed by atoms with Gasteiger partial charge in [-0.05, 0) is 44.4 Å². The minimum Gasteiger partial charge on any atom is -0.377 e. The molecule has 0 aliphatic carbocycles. The Bertz CT molecular complexity index is 449. The number of nitrogens with one attached hydrogen (secondary N) is 1. The average molecular weight is 306 g/mol. The molecular weight excluding hydrogens is 288 g/mol. The van der Waals surface area contributed by atoms with Crippen LogP contribution in [-0.4, -0.2) is 18.8 Å². The molecule has 0 radical (unpaired) electrons. The fraction of sp³-hybridized carbons (Fsp3) is 0.571. The van der Waals surface area contributed by atoms with E-state index in [9.17, 15) is 4.39 Å². The summed E-state index contributed by atoms with van der Waals surface area (Å²) in [6.45, 7) is 4.86. The van der Waals surface area contributed by atoms with Crippen molar-refractivity contribution in [3.8, 4) is 0 Å². The van der Waals surface area contributed by atoms with E-state index in [4.69, 9.17) is 27.9 Å². The molecule has 0 spiro atoms. The molecule has 1 aromatic rings. The zero-order valence-corrected chi connectivity index (χ0v) is 12.6. The van der Waals surface area contributed by atoms with Gasteiger partial charge in [0.2, 0.25) is 0 Å². The van der Waals surface area contributed by atoms with Crippen LogP contribution in [0.5, 0.6) is 0 Å². The zero-order chi connectivity index (χ0) is 14.0. The SMILES string of the molecule is CC(NC(C)C1CCCO1)c1cc(F)c(Cl)cc1Cl. The highest BCUT2D eigenvalue weighted by atomic mass is 35.5. The van der Waals surface area contributed by atoms with Crippen molar-refractivity contribution >= 4 is 23.2 Å². The highest BCUT2D eigenvalue weighted by Crippen LogP contribution is 2.29. The third-order valence-corrected chi connectivity index (χ3v) is 4.16. The number of hydrogen-bond acceptors (Lipinski definition) is 2. The largest absolute Gasteiger partial charge is 0.377 e. The number of hydrogen-bond donors (Lipinski definition) is 1. The lowest BCUT2D eigenvalue weighted by Gasteiger charge is -2.25. The van der Waals surface area contributed by atoms with Crippen LogP contribution in [0.1, 0.15) is 38.3 Å². The quantitative estimate of drug-likeness (QED) is 0.835. The maximum Gasteiger partial charge on any atom is 0.142 e. The molecule has 3 atom stereocenters. The molecule has 1 fully saturated rings. The second-order valence-electron chi connectivity index (χ2n) is 5.02. The summed E-state index contributed by atoms with van der Waals surface area (Å²) in [5.41, 5.74) is 0.716. The number of benzene rings is 1. The van der Waals surface area contributed by atoms with E-state index in [0.717, 1.165) is 19.4 Å². The molecule has 1 aliphatic rings. The molecule has 1 aromatic carbocycles. The van der Waals surface area contributed by atoms with Gasteiger partial charge in [0.25, 0.3) is 0 Å². The molecule has 19 heavy (non-hydrogen) atoms. The van der Waals surface area contributed by atoms with Crippen LogP contribution in [0.4, 0.5) is 4.39 Å². The van der Waals surface area contributed by atoms with Crippen molar-refractivity contribution in [1.29, 1.82) is 0 Å². The summed E-state index contributed by atoms with van der Waals surface area (Å²) in [5.74, 6) is -0.445. The Morgan fingerprint density at radius 3 is 2.68 bits per heavy atom. The maximum absolute atomic E-state index is 13.5. The molecule has 1 heterocycles. The molecule has 1 N–H and O–H groups in total. The van der Waals surface area contributed by atoms with Gasteiger partial charge in [-0.25, -0.2) is 4.39 Å². The third-order valence-electron chi connectivity index (χ3n) is 3.54. The standard InChI is InChI=1S/C14H18Cl2FNO/c1-8(18-9(2)14-4-3-5-19-14)10-6-13(17)12(16)7-11(10)15/h6-9,14,18H,3-5H2,1-2H3. The second kappa shape index (κ2) is 6.40. The molecule has 0 saturated carbocycles. The van der Waals surface area contributed by atoms with Crippen LogP contribution in [0.3, 0.4) is 0 Å². The van der Waals surface area contributed by atoms with Crippen molar-refractivity contribution in [2.75, 3.05) is 6.61 Å². The summed E-state index contributed by atoms with van der Waals surface area (Å²) in [7, 11) is 0. The van der Waals surface area contributed by atoms with Crippen LogP contribution in [0.15, 0.2) is 12.1 Å². The van der Waals surface area contributed by atoms with Crippen LogP contribution in [0, 0.1) is 5.82 Å². The molecule has 0 bridgehead atoms. The molecule has 1 saturated heterocycles. The zero-order valence-electron chi connectivity index (χ0n) is 11.1. The molecule has 5 heteroatoms. The average Bonchev–Trinajstić information content (AvgIpc) is 2.87. The van der Waals surface area contributed by atoms with Gasteiger partial charge in [0, 0.05) is 23.7 Å². The lowest BCUT2D eigenvalue weighted by atomic mass is 10.0. The Balaban J connectivity index is 2.06. The lowest BCUT2D eigenvalue weighted by Crippen LogP contribution is -2.38. The molecule has 0 aromatic heterocycles. The predicted octanol–water partition coefficient (Wildman–Crippen LogP) is 4.35.